The van der Waals surface area contributed by atoms with Crippen molar-refractivity contribution in [2.24, 2.45) is 0 Å². The van der Waals surface area contributed by atoms with Crippen LogP contribution in [0.4, 0.5) is 0 Å². The fourth-order valence-corrected chi connectivity index (χ4v) is 10.9. The van der Waals surface area contributed by atoms with Crippen LogP contribution in [0.2, 0.25) is 0 Å². The van der Waals surface area contributed by atoms with Gasteiger partial charge in [0, 0.05) is 65.4 Å². The molecule has 0 saturated carbocycles. The Kier molecular flexibility index (Phi) is 6.59. The molecule has 0 aliphatic carbocycles. The van der Waals surface area contributed by atoms with Crippen LogP contribution in [-0.4, -0.2) is 23.7 Å². The number of rotatable bonds is 4. The SMILES string of the molecule is c1ccc(-n2c3ccccc3c3cc4c5c(ccc6c5c(cc5c7ccccc7n(-c7ccccc7)c56)n4-c4nc(-c5ccc6ccccc6c5)c5c(n4)oc4ccccc45)c32)cc1. The molecule has 64 heavy (non-hydrogen) atoms. The number of hydrogen-bond donors (Lipinski definition) is 0. The van der Waals surface area contributed by atoms with Crippen molar-refractivity contribution in [3.05, 3.63) is 200 Å². The van der Waals surface area contributed by atoms with E-state index in [0.717, 1.165) is 66.4 Å². The maximum Gasteiger partial charge on any atom is 0.238 e. The zero-order valence-corrected chi connectivity index (χ0v) is 34.2. The lowest BCUT2D eigenvalue weighted by Gasteiger charge is -2.12. The molecule has 0 aliphatic heterocycles. The fraction of sp³-hybridized carbons (Fsp3) is 0. The number of hydrogen-bond acceptors (Lipinski definition) is 3. The molecular formula is C58H33N5O. The van der Waals surface area contributed by atoms with E-state index in [4.69, 9.17) is 14.4 Å². The first kappa shape index (κ1) is 33.9. The Labute approximate surface area is 364 Å². The fourth-order valence-electron chi connectivity index (χ4n) is 10.9. The highest BCUT2D eigenvalue weighted by atomic mass is 16.3. The molecule has 0 saturated heterocycles. The van der Waals surface area contributed by atoms with Crippen LogP contribution in [-0.2, 0) is 0 Å². The van der Waals surface area contributed by atoms with Gasteiger partial charge in [0.15, 0.2) is 0 Å². The van der Waals surface area contributed by atoms with E-state index >= 15 is 0 Å². The van der Waals surface area contributed by atoms with Gasteiger partial charge in [0.2, 0.25) is 11.7 Å². The van der Waals surface area contributed by atoms with Gasteiger partial charge in [0.1, 0.15) is 5.58 Å². The van der Waals surface area contributed by atoms with Crippen molar-refractivity contribution in [3.8, 4) is 28.6 Å². The zero-order valence-electron chi connectivity index (χ0n) is 34.2. The molecule has 0 radical (unpaired) electrons. The van der Waals surface area contributed by atoms with Gasteiger partial charge >= 0.3 is 0 Å². The van der Waals surface area contributed by atoms with E-state index < -0.39 is 0 Å². The molecule has 0 spiro atoms. The number of benzene rings is 10. The van der Waals surface area contributed by atoms with Crippen LogP contribution >= 0.6 is 0 Å². The molecule has 0 amide bonds. The Morgan fingerprint density at radius 2 is 0.875 bits per heavy atom. The van der Waals surface area contributed by atoms with Gasteiger partial charge in [-0.25, -0.2) is 4.98 Å². The minimum absolute atomic E-state index is 0.557. The predicted octanol–water partition coefficient (Wildman–Crippen LogP) is 15.1. The second kappa shape index (κ2) is 12.4. The molecule has 0 unspecified atom stereocenters. The van der Waals surface area contributed by atoms with Gasteiger partial charge in [-0.05, 0) is 71.4 Å². The third-order valence-corrected chi connectivity index (χ3v) is 13.6. The molecule has 5 aromatic heterocycles. The van der Waals surface area contributed by atoms with Gasteiger partial charge in [-0.2, -0.15) is 4.98 Å². The molecule has 0 fully saturated rings. The Morgan fingerprint density at radius 3 is 1.50 bits per heavy atom. The quantitative estimate of drug-likeness (QED) is 0.166. The van der Waals surface area contributed by atoms with Crippen molar-refractivity contribution in [2.75, 3.05) is 0 Å². The average Bonchev–Trinajstić information content (AvgIpc) is 4.10. The van der Waals surface area contributed by atoms with Crippen LogP contribution in [0.3, 0.4) is 0 Å². The molecule has 0 aliphatic rings. The lowest BCUT2D eigenvalue weighted by molar-refractivity contribution is 0.651. The monoisotopic (exact) mass is 815 g/mol. The highest BCUT2D eigenvalue weighted by molar-refractivity contribution is 6.36. The van der Waals surface area contributed by atoms with Gasteiger partial charge < -0.3 is 13.6 Å². The van der Waals surface area contributed by atoms with Crippen molar-refractivity contribution in [2.45, 2.75) is 0 Å². The minimum atomic E-state index is 0.557. The van der Waals surface area contributed by atoms with Gasteiger partial charge in [-0.15, -0.1) is 0 Å². The summed E-state index contributed by atoms with van der Waals surface area (Å²) in [6.07, 6.45) is 0. The largest absolute Gasteiger partial charge is 0.437 e. The van der Waals surface area contributed by atoms with Crippen LogP contribution in [0, 0.1) is 0 Å². The smallest absolute Gasteiger partial charge is 0.238 e. The van der Waals surface area contributed by atoms with Crippen LogP contribution < -0.4 is 0 Å². The summed E-state index contributed by atoms with van der Waals surface area (Å²) in [4.78, 5) is 11.1. The molecular weight excluding hydrogens is 783 g/mol. The number of aromatic nitrogens is 5. The average molecular weight is 816 g/mol. The predicted molar refractivity (Wildman–Crippen MR) is 264 cm³/mol. The maximum atomic E-state index is 6.70. The van der Waals surface area contributed by atoms with Crippen molar-refractivity contribution in [1.29, 1.82) is 0 Å². The van der Waals surface area contributed by atoms with E-state index in [1.165, 1.54) is 59.5 Å². The van der Waals surface area contributed by atoms with E-state index in [-0.39, 0.29) is 0 Å². The van der Waals surface area contributed by atoms with E-state index in [9.17, 15) is 0 Å². The zero-order chi connectivity index (χ0) is 41.6. The first-order valence-electron chi connectivity index (χ1n) is 21.7. The van der Waals surface area contributed by atoms with Crippen LogP contribution in [0.1, 0.15) is 0 Å². The second-order valence-corrected chi connectivity index (χ2v) is 16.9. The molecule has 6 heteroatoms. The summed E-state index contributed by atoms with van der Waals surface area (Å²) >= 11 is 0. The van der Waals surface area contributed by atoms with Crippen molar-refractivity contribution in [1.82, 2.24) is 23.7 Å². The Hall–Kier alpha value is -8.74. The Bertz CT molecular complexity index is 4230. The number of furan rings is 1. The van der Waals surface area contributed by atoms with Crippen molar-refractivity contribution in [3.63, 3.8) is 0 Å². The minimum Gasteiger partial charge on any atom is -0.437 e. The summed E-state index contributed by atoms with van der Waals surface area (Å²) < 4.78 is 13.9. The lowest BCUT2D eigenvalue weighted by atomic mass is 9.97. The molecule has 0 N–H and O–H groups in total. The highest BCUT2D eigenvalue weighted by Gasteiger charge is 2.28. The third kappa shape index (κ3) is 4.43. The summed E-state index contributed by atoms with van der Waals surface area (Å²) in [6, 6.07) is 71.8. The Balaban J connectivity index is 1.16. The summed E-state index contributed by atoms with van der Waals surface area (Å²) in [7, 11) is 0. The molecule has 6 nitrogen and oxygen atoms in total. The second-order valence-electron chi connectivity index (χ2n) is 16.9. The topological polar surface area (TPSA) is 53.7 Å². The number of para-hydroxylation sites is 5. The van der Waals surface area contributed by atoms with Gasteiger partial charge in [0.25, 0.3) is 0 Å². The molecule has 0 bridgehead atoms. The summed E-state index contributed by atoms with van der Waals surface area (Å²) in [5, 5.41) is 13.6. The summed E-state index contributed by atoms with van der Waals surface area (Å²) in [5.41, 5.74) is 12.2. The summed E-state index contributed by atoms with van der Waals surface area (Å²) in [6.45, 7) is 0. The van der Waals surface area contributed by atoms with E-state index in [1.807, 2.05) is 12.1 Å². The summed E-state index contributed by atoms with van der Waals surface area (Å²) in [5.74, 6) is 0.561. The van der Waals surface area contributed by atoms with Crippen molar-refractivity contribution >= 4 is 109 Å². The van der Waals surface area contributed by atoms with E-state index in [1.54, 1.807) is 0 Å². The molecule has 5 heterocycles. The molecule has 10 aromatic carbocycles. The molecule has 296 valence electrons. The first-order valence-corrected chi connectivity index (χ1v) is 21.7. The first-order chi connectivity index (χ1) is 31.8. The maximum absolute atomic E-state index is 6.70. The van der Waals surface area contributed by atoms with Gasteiger partial charge in [-0.1, -0.05) is 140 Å². The van der Waals surface area contributed by atoms with Crippen LogP contribution in [0.15, 0.2) is 205 Å². The standard InChI is InChI=1S/C58H33N5O/c1-3-17-37(18-4-1)61-46-24-12-9-21-39(46)44-32-48-51-42(55(44)61)29-30-43-52(51)49(33-45-40-22-10-13-25-47(40)62(56(43)45)38-19-5-2-6-20-38)63(48)58-59-54(36-28-27-34-15-7-8-16-35(34)31-36)53-41-23-11-14-26-50(41)64-57(53)60-58/h1-33H. The molecule has 0 atom stereocenters. The van der Waals surface area contributed by atoms with Gasteiger partial charge in [0.05, 0.1) is 44.2 Å². The number of fused-ring (bicyclic) bond motifs is 12. The normalized spacial score (nSPS) is 12.4. The number of nitrogens with zero attached hydrogens (tertiary/aromatic N) is 5. The highest BCUT2D eigenvalue weighted by Crippen LogP contribution is 2.49. The van der Waals surface area contributed by atoms with Crippen LogP contribution in [0.25, 0.3) is 138 Å². The Morgan fingerprint density at radius 1 is 0.344 bits per heavy atom. The third-order valence-electron chi connectivity index (χ3n) is 13.6. The lowest BCUT2D eigenvalue weighted by Crippen LogP contribution is -2.03. The molecule has 15 aromatic rings. The van der Waals surface area contributed by atoms with Crippen LogP contribution in [0.5, 0.6) is 0 Å². The van der Waals surface area contributed by atoms with Crippen molar-refractivity contribution < 1.29 is 4.42 Å². The van der Waals surface area contributed by atoms with E-state index in [2.05, 4.69) is 202 Å². The molecule has 15 rings (SSSR count). The van der Waals surface area contributed by atoms with Gasteiger partial charge in [-0.3, -0.25) is 4.57 Å². The van der Waals surface area contributed by atoms with E-state index in [0.29, 0.717) is 11.7 Å².